The summed E-state index contributed by atoms with van der Waals surface area (Å²) in [6.45, 7) is 1.72. The average molecular weight is 392 g/mol. The second-order valence-corrected chi connectivity index (χ2v) is 7.70. The number of amides is 1. The summed E-state index contributed by atoms with van der Waals surface area (Å²) in [6, 6.07) is 9.64. The number of nitrogens with zero attached hydrogens (tertiary/aromatic N) is 3. The summed E-state index contributed by atoms with van der Waals surface area (Å²) in [7, 11) is 1.65. The fourth-order valence-corrected chi connectivity index (χ4v) is 4.35. The Labute approximate surface area is 161 Å². The highest BCUT2D eigenvalue weighted by Crippen LogP contribution is 2.30. The smallest absolute Gasteiger partial charge is 0.336 e. The van der Waals surface area contributed by atoms with Gasteiger partial charge in [0.2, 0.25) is 0 Å². The van der Waals surface area contributed by atoms with Crippen LogP contribution in [-0.4, -0.2) is 58.1 Å². The van der Waals surface area contributed by atoms with Crippen molar-refractivity contribution in [2.45, 2.75) is 43.9 Å². The maximum Gasteiger partial charge on any atom is 0.432 e. The molecule has 2 heterocycles. The highest BCUT2D eigenvalue weighted by atomic mass is 19.4. The molecular formula is C20H23F3N4O. The molecule has 1 aromatic heterocycles. The van der Waals surface area contributed by atoms with E-state index in [0.717, 1.165) is 44.8 Å². The van der Waals surface area contributed by atoms with Gasteiger partial charge in [-0.25, -0.2) is 0 Å². The maximum absolute atomic E-state index is 12.8. The number of likely N-dealkylation sites (tertiary alicyclic amines) is 1. The first-order chi connectivity index (χ1) is 13.3. The van der Waals surface area contributed by atoms with E-state index in [4.69, 9.17) is 0 Å². The molecule has 0 spiro atoms. The van der Waals surface area contributed by atoms with Crippen molar-refractivity contribution in [3.8, 4) is 0 Å². The number of piperidine rings is 1. The van der Waals surface area contributed by atoms with E-state index in [1.54, 1.807) is 11.9 Å². The third kappa shape index (κ3) is 3.65. The first kappa shape index (κ1) is 19.0. The molecule has 5 nitrogen and oxygen atoms in total. The van der Waals surface area contributed by atoms with E-state index in [1.807, 2.05) is 5.10 Å². The second-order valence-electron chi connectivity index (χ2n) is 7.70. The number of H-pyrrole nitrogens is 1. The van der Waals surface area contributed by atoms with Crippen molar-refractivity contribution >= 4 is 5.91 Å². The quantitative estimate of drug-likeness (QED) is 0.873. The Bertz CT molecular complexity index is 838. The monoisotopic (exact) mass is 392 g/mol. The summed E-state index contributed by atoms with van der Waals surface area (Å²) in [5.74, 6) is -0.478. The SMILES string of the molecule is CN(C(=O)c1cc(C(F)(F)F)[nH]n1)[C@@H]1CCCN(C2Cc3ccccc3C2)C1. The van der Waals surface area contributed by atoms with Crippen LogP contribution in [0.4, 0.5) is 13.2 Å². The van der Waals surface area contributed by atoms with Gasteiger partial charge in [-0.3, -0.25) is 14.8 Å². The zero-order valence-corrected chi connectivity index (χ0v) is 15.7. The largest absolute Gasteiger partial charge is 0.432 e. The van der Waals surface area contributed by atoms with Gasteiger partial charge in [-0.1, -0.05) is 24.3 Å². The van der Waals surface area contributed by atoms with Gasteiger partial charge in [0.15, 0.2) is 5.69 Å². The van der Waals surface area contributed by atoms with Crippen LogP contribution in [0.2, 0.25) is 0 Å². The molecule has 0 saturated carbocycles. The van der Waals surface area contributed by atoms with E-state index in [9.17, 15) is 18.0 Å². The molecule has 1 aliphatic carbocycles. The van der Waals surface area contributed by atoms with Crippen molar-refractivity contribution in [2.75, 3.05) is 20.1 Å². The van der Waals surface area contributed by atoms with Crippen LogP contribution in [0.1, 0.15) is 40.2 Å². The van der Waals surface area contributed by atoms with Gasteiger partial charge in [0.25, 0.3) is 5.91 Å². The number of fused-ring (bicyclic) bond motifs is 1. The second kappa shape index (κ2) is 7.24. The van der Waals surface area contributed by atoms with Gasteiger partial charge in [0, 0.05) is 31.7 Å². The highest BCUT2D eigenvalue weighted by Gasteiger charge is 2.36. The Balaban J connectivity index is 1.41. The van der Waals surface area contributed by atoms with Gasteiger partial charge >= 0.3 is 6.18 Å². The molecule has 1 aromatic carbocycles. The van der Waals surface area contributed by atoms with Crippen LogP contribution in [0, 0.1) is 0 Å². The predicted octanol–water partition coefficient (Wildman–Crippen LogP) is 3.13. The minimum atomic E-state index is -4.54. The van der Waals surface area contributed by atoms with Gasteiger partial charge in [-0.2, -0.15) is 18.3 Å². The molecule has 2 aliphatic rings. The number of nitrogens with one attached hydrogen (secondary N) is 1. The van der Waals surface area contributed by atoms with Crippen molar-refractivity contribution in [1.29, 1.82) is 0 Å². The van der Waals surface area contributed by atoms with E-state index in [-0.39, 0.29) is 11.7 Å². The number of alkyl halides is 3. The fraction of sp³-hybridized carbons (Fsp3) is 0.500. The predicted molar refractivity (Wildman–Crippen MR) is 97.9 cm³/mol. The van der Waals surface area contributed by atoms with E-state index >= 15 is 0 Å². The van der Waals surface area contributed by atoms with Crippen molar-refractivity contribution < 1.29 is 18.0 Å². The number of benzene rings is 1. The summed E-state index contributed by atoms with van der Waals surface area (Å²) >= 11 is 0. The van der Waals surface area contributed by atoms with E-state index in [1.165, 1.54) is 11.1 Å². The van der Waals surface area contributed by atoms with Crippen molar-refractivity contribution in [3.05, 3.63) is 52.8 Å². The van der Waals surface area contributed by atoms with Crippen LogP contribution in [0.25, 0.3) is 0 Å². The molecule has 1 aliphatic heterocycles. The molecule has 8 heteroatoms. The van der Waals surface area contributed by atoms with Crippen LogP contribution in [0.5, 0.6) is 0 Å². The Morgan fingerprint density at radius 3 is 2.54 bits per heavy atom. The first-order valence-corrected chi connectivity index (χ1v) is 9.53. The number of halogens is 3. The molecule has 28 heavy (non-hydrogen) atoms. The first-order valence-electron chi connectivity index (χ1n) is 9.53. The minimum absolute atomic E-state index is 0.0315. The van der Waals surface area contributed by atoms with Gasteiger partial charge < -0.3 is 4.90 Å². The molecule has 0 bridgehead atoms. The Hall–Kier alpha value is -2.35. The molecule has 1 saturated heterocycles. The van der Waals surface area contributed by atoms with Gasteiger partial charge in [0.1, 0.15) is 5.69 Å². The molecular weight excluding hydrogens is 369 g/mol. The minimum Gasteiger partial charge on any atom is -0.336 e. The number of aromatic amines is 1. The van der Waals surface area contributed by atoms with Crippen LogP contribution in [0.3, 0.4) is 0 Å². The van der Waals surface area contributed by atoms with E-state index in [0.29, 0.717) is 6.04 Å². The number of rotatable bonds is 3. The Morgan fingerprint density at radius 1 is 1.25 bits per heavy atom. The van der Waals surface area contributed by atoms with Gasteiger partial charge in [0.05, 0.1) is 0 Å². The number of likely N-dealkylation sites (N-methyl/N-ethyl adjacent to an activating group) is 1. The summed E-state index contributed by atoms with van der Waals surface area (Å²) in [5, 5.41) is 5.49. The lowest BCUT2D eigenvalue weighted by Gasteiger charge is -2.40. The summed E-state index contributed by atoms with van der Waals surface area (Å²) in [6.07, 6.45) is -0.717. The molecule has 0 radical (unpaired) electrons. The number of hydrogen-bond acceptors (Lipinski definition) is 3. The fourth-order valence-electron chi connectivity index (χ4n) is 4.35. The molecule has 2 aromatic rings. The van der Waals surface area contributed by atoms with E-state index < -0.39 is 17.8 Å². The zero-order chi connectivity index (χ0) is 19.9. The van der Waals surface area contributed by atoms with Crippen LogP contribution in [-0.2, 0) is 19.0 Å². The lowest BCUT2D eigenvalue weighted by Crippen LogP contribution is -2.51. The highest BCUT2D eigenvalue weighted by molar-refractivity contribution is 5.92. The van der Waals surface area contributed by atoms with Gasteiger partial charge in [-0.05, 0) is 43.4 Å². The summed E-state index contributed by atoms with van der Waals surface area (Å²) in [5.41, 5.74) is 1.57. The lowest BCUT2D eigenvalue weighted by atomic mass is 10.0. The zero-order valence-electron chi connectivity index (χ0n) is 15.7. The number of aromatic nitrogens is 2. The summed E-state index contributed by atoms with van der Waals surface area (Å²) < 4.78 is 38.3. The Kier molecular flexibility index (Phi) is 4.91. The summed E-state index contributed by atoms with van der Waals surface area (Å²) in [4.78, 5) is 16.6. The van der Waals surface area contributed by atoms with Crippen molar-refractivity contribution in [1.82, 2.24) is 20.0 Å². The van der Waals surface area contributed by atoms with E-state index in [2.05, 4.69) is 34.3 Å². The third-order valence-corrected chi connectivity index (χ3v) is 5.94. The normalized spacial score (nSPS) is 20.9. The lowest BCUT2D eigenvalue weighted by molar-refractivity contribution is -0.141. The molecule has 150 valence electrons. The molecule has 1 atom stereocenters. The molecule has 1 amide bonds. The Morgan fingerprint density at radius 2 is 1.93 bits per heavy atom. The van der Waals surface area contributed by atoms with Crippen LogP contribution in [0.15, 0.2) is 30.3 Å². The standard InChI is InChI=1S/C20H23F3N4O/c1-26(19(28)17-11-18(25-24-17)20(21,22)23)15-7-4-8-27(12-15)16-9-13-5-2-3-6-14(13)10-16/h2-3,5-6,11,15-16H,4,7-10,12H2,1H3,(H,24,25)/t15-/m1/s1. The van der Waals surface area contributed by atoms with Crippen LogP contribution >= 0.6 is 0 Å². The van der Waals surface area contributed by atoms with Crippen LogP contribution < -0.4 is 0 Å². The van der Waals surface area contributed by atoms with Gasteiger partial charge in [-0.15, -0.1) is 0 Å². The number of carbonyl (C=O) groups excluding carboxylic acids is 1. The molecule has 1 fully saturated rings. The van der Waals surface area contributed by atoms with Crippen molar-refractivity contribution in [3.63, 3.8) is 0 Å². The maximum atomic E-state index is 12.8. The third-order valence-electron chi connectivity index (χ3n) is 5.94. The van der Waals surface area contributed by atoms with Crippen molar-refractivity contribution in [2.24, 2.45) is 0 Å². The number of carbonyl (C=O) groups is 1. The average Bonchev–Trinajstić information content (AvgIpc) is 3.34. The number of hydrogen-bond donors (Lipinski definition) is 1. The molecule has 0 unspecified atom stereocenters. The topological polar surface area (TPSA) is 52.2 Å². The molecule has 4 rings (SSSR count). The molecule has 1 N–H and O–H groups in total.